The number of aryl methyl sites for hydroxylation is 1. The molecule has 3 heteroatoms. The second kappa shape index (κ2) is 9.62. The van der Waals surface area contributed by atoms with Crippen molar-refractivity contribution in [3.63, 3.8) is 0 Å². The Morgan fingerprint density at radius 1 is 1.17 bits per heavy atom. The van der Waals surface area contributed by atoms with Crippen LogP contribution in [0.4, 0.5) is 0 Å². The maximum absolute atomic E-state index is 5.75. The van der Waals surface area contributed by atoms with E-state index in [2.05, 4.69) is 44.7 Å². The molecule has 0 amide bonds. The Labute approximate surface area is 129 Å². The van der Waals surface area contributed by atoms with Gasteiger partial charge >= 0.3 is 0 Å². The van der Waals surface area contributed by atoms with Crippen LogP contribution in [0.25, 0.3) is 0 Å². The lowest BCUT2D eigenvalue weighted by molar-refractivity contribution is -0.00000428. The van der Waals surface area contributed by atoms with Crippen molar-refractivity contribution in [2.75, 3.05) is 19.7 Å². The number of nitrogens with zero attached hydrogens (tertiary/aromatic N) is 1. The van der Waals surface area contributed by atoms with Crippen LogP contribution in [0.3, 0.4) is 0 Å². The number of likely N-dealkylation sites (N-methyl/N-ethyl adjacent to an activating group) is 1. The van der Waals surface area contributed by atoms with Gasteiger partial charge in [0.25, 0.3) is 0 Å². The third-order valence-electron chi connectivity index (χ3n) is 3.29. The monoisotopic (exact) mass is 362 g/mol. The maximum Gasteiger partial charge on any atom is 0.119 e. The van der Waals surface area contributed by atoms with Crippen molar-refractivity contribution in [1.82, 2.24) is 4.90 Å². The largest absolute Gasteiger partial charge is 1.00 e. The molecule has 0 saturated carbocycles. The molecule has 0 heterocycles. The summed E-state index contributed by atoms with van der Waals surface area (Å²) in [4.78, 5) is 2.45. The molecule has 0 aromatic heterocycles. The zero-order valence-corrected chi connectivity index (χ0v) is 14.1. The van der Waals surface area contributed by atoms with Crippen LogP contribution in [0.5, 0.6) is 5.75 Å². The molecule has 18 heavy (non-hydrogen) atoms. The predicted octanol–water partition coefficient (Wildman–Crippen LogP) is 0.498. The van der Waals surface area contributed by atoms with Gasteiger partial charge in [0.1, 0.15) is 12.4 Å². The third kappa shape index (κ3) is 6.05. The molecule has 1 rings (SSSR count). The van der Waals surface area contributed by atoms with E-state index in [0.29, 0.717) is 6.04 Å². The normalized spacial score (nSPS) is 12.1. The fourth-order valence-electron chi connectivity index (χ4n) is 1.86. The van der Waals surface area contributed by atoms with Gasteiger partial charge in [0.05, 0.1) is 0 Å². The van der Waals surface area contributed by atoms with E-state index in [1.54, 1.807) is 0 Å². The lowest BCUT2D eigenvalue weighted by Gasteiger charge is -2.26. The third-order valence-corrected chi connectivity index (χ3v) is 3.29. The fourth-order valence-corrected chi connectivity index (χ4v) is 1.86. The number of benzene rings is 1. The molecule has 1 aromatic carbocycles. The second-order valence-corrected chi connectivity index (χ2v) is 4.55. The van der Waals surface area contributed by atoms with Crippen LogP contribution in [0, 0.1) is 6.92 Å². The van der Waals surface area contributed by atoms with E-state index in [9.17, 15) is 0 Å². The van der Waals surface area contributed by atoms with Crippen molar-refractivity contribution in [3.8, 4) is 5.75 Å². The first kappa shape index (κ1) is 17.7. The van der Waals surface area contributed by atoms with Gasteiger partial charge in [0, 0.05) is 12.6 Å². The van der Waals surface area contributed by atoms with Crippen molar-refractivity contribution in [3.05, 3.63) is 29.8 Å². The Morgan fingerprint density at radius 2 is 1.78 bits per heavy atom. The zero-order valence-electron chi connectivity index (χ0n) is 11.9. The molecular weight excluding hydrogens is 337 g/mol. The summed E-state index contributed by atoms with van der Waals surface area (Å²) in [5.74, 6) is 0.968. The van der Waals surface area contributed by atoms with Crippen LogP contribution in [0.2, 0.25) is 0 Å². The fraction of sp³-hybridized carbons (Fsp3) is 0.600. The smallest absolute Gasteiger partial charge is 0.119 e. The summed E-state index contributed by atoms with van der Waals surface area (Å²) in [7, 11) is 0. The first-order valence-corrected chi connectivity index (χ1v) is 6.60. The highest BCUT2D eigenvalue weighted by molar-refractivity contribution is 5.26. The lowest BCUT2D eigenvalue weighted by atomic mass is 10.2. The van der Waals surface area contributed by atoms with Crippen molar-refractivity contribution < 1.29 is 28.7 Å². The van der Waals surface area contributed by atoms with Gasteiger partial charge in [-0.1, -0.05) is 31.5 Å². The molecule has 2 nitrogen and oxygen atoms in total. The van der Waals surface area contributed by atoms with Gasteiger partial charge in [-0.25, -0.2) is 0 Å². The molecule has 0 radical (unpaired) electrons. The molecule has 0 aliphatic carbocycles. The zero-order chi connectivity index (χ0) is 12.7. The number of ether oxygens (including phenoxy) is 1. The topological polar surface area (TPSA) is 12.5 Å². The number of hydrogen-bond donors (Lipinski definition) is 0. The molecule has 1 unspecified atom stereocenters. The number of halogens is 1. The summed E-state index contributed by atoms with van der Waals surface area (Å²) in [5.41, 5.74) is 1.27. The molecule has 0 aliphatic rings. The quantitative estimate of drug-likeness (QED) is 0.655. The van der Waals surface area contributed by atoms with Crippen LogP contribution < -0.4 is 28.7 Å². The SMILES string of the molecule is CCC(C)N(CC)CCOc1ccc(C)cc1.[I-]. The molecule has 0 bridgehead atoms. The van der Waals surface area contributed by atoms with Crippen LogP contribution in [0.1, 0.15) is 32.8 Å². The van der Waals surface area contributed by atoms with E-state index in [1.165, 1.54) is 12.0 Å². The molecular formula is C15H25INO-. The lowest BCUT2D eigenvalue weighted by Crippen LogP contribution is -3.00. The van der Waals surface area contributed by atoms with Crippen molar-refractivity contribution >= 4 is 0 Å². The van der Waals surface area contributed by atoms with Gasteiger partial charge in [-0.2, -0.15) is 0 Å². The van der Waals surface area contributed by atoms with Crippen LogP contribution in [-0.4, -0.2) is 30.6 Å². The molecule has 0 aliphatic heterocycles. The summed E-state index contributed by atoms with van der Waals surface area (Å²) in [6, 6.07) is 8.88. The minimum atomic E-state index is 0. The second-order valence-electron chi connectivity index (χ2n) is 4.55. The minimum Gasteiger partial charge on any atom is -1.00 e. The average molecular weight is 362 g/mol. The number of hydrogen-bond acceptors (Lipinski definition) is 2. The summed E-state index contributed by atoms with van der Waals surface area (Å²) >= 11 is 0. The highest BCUT2D eigenvalue weighted by atomic mass is 127. The van der Waals surface area contributed by atoms with E-state index in [-0.39, 0.29) is 24.0 Å². The standard InChI is InChI=1S/C15H25NO.HI/c1-5-14(4)16(6-2)11-12-17-15-9-7-13(3)8-10-15;/h7-10,14H,5-6,11-12H2,1-4H3;1H/p-1. The summed E-state index contributed by atoms with van der Waals surface area (Å²) < 4.78 is 5.75. The Hall–Kier alpha value is -0.290. The summed E-state index contributed by atoms with van der Waals surface area (Å²) in [6.45, 7) is 11.7. The van der Waals surface area contributed by atoms with Crippen molar-refractivity contribution in [1.29, 1.82) is 0 Å². The van der Waals surface area contributed by atoms with Gasteiger partial charge in [0.2, 0.25) is 0 Å². The Bertz CT molecular complexity index is 313. The van der Waals surface area contributed by atoms with Crippen LogP contribution in [-0.2, 0) is 0 Å². The highest BCUT2D eigenvalue weighted by Crippen LogP contribution is 2.11. The highest BCUT2D eigenvalue weighted by Gasteiger charge is 2.09. The van der Waals surface area contributed by atoms with Gasteiger partial charge < -0.3 is 28.7 Å². The van der Waals surface area contributed by atoms with Crippen molar-refractivity contribution in [2.45, 2.75) is 40.2 Å². The summed E-state index contributed by atoms with van der Waals surface area (Å²) in [5, 5.41) is 0. The molecule has 0 spiro atoms. The minimum absolute atomic E-state index is 0. The Kier molecular flexibility index (Phi) is 9.46. The van der Waals surface area contributed by atoms with Gasteiger partial charge in [-0.15, -0.1) is 0 Å². The van der Waals surface area contributed by atoms with E-state index in [0.717, 1.165) is 25.4 Å². The van der Waals surface area contributed by atoms with Gasteiger partial charge in [-0.05, 0) is 38.9 Å². The van der Waals surface area contributed by atoms with Crippen LogP contribution in [0.15, 0.2) is 24.3 Å². The van der Waals surface area contributed by atoms with Gasteiger partial charge in [-0.3, -0.25) is 4.90 Å². The number of rotatable bonds is 7. The summed E-state index contributed by atoms with van der Waals surface area (Å²) in [6.07, 6.45) is 1.19. The molecule has 0 N–H and O–H groups in total. The van der Waals surface area contributed by atoms with E-state index in [1.807, 2.05) is 12.1 Å². The molecule has 0 fully saturated rings. The predicted molar refractivity (Wildman–Crippen MR) is 73.7 cm³/mol. The first-order chi connectivity index (χ1) is 8.17. The van der Waals surface area contributed by atoms with Crippen LogP contribution >= 0.6 is 0 Å². The molecule has 104 valence electrons. The first-order valence-electron chi connectivity index (χ1n) is 6.60. The molecule has 1 aromatic rings. The average Bonchev–Trinajstić information content (AvgIpc) is 2.36. The Balaban J connectivity index is 0.00000289. The molecule has 1 atom stereocenters. The van der Waals surface area contributed by atoms with E-state index < -0.39 is 0 Å². The van der Waals surface area contributed by atoms with Gasteiger partial charge in [0.15, 0.2) is 0 Å². The Morgan fingerprint density at radius 3 is 2.28 bits per heavy atom. The molecule has 0 saturated heterocycles. The van der Waals surface area contributed by atoms with E-state index >= 15 is 0 Å². The van der Waals surface area contributed by atoms with E-state index in [4.69, 9.17) is 4.74 Å². The van der Waals surface area contributed by atoms with Crippen molar-refractivity contribution in [2.24, 2.45) is 0 Å². The maximum atomic E-state index is 5.75.